The van der Waals surface area contributed by atoms with Crippen molar-refractivity contribution in [1.29, 1.82) is 0 Å². The van der Waals surface area contributed by atoms with Crippen molar-refractivity contribution in [2.24, 2.45) is 10.7 Å². The number of nitrogens with zero attached hydrogens (tertiary/aromatic N) is 1. The van der Waals surface area contributed by atoms with Crippen LogP contribution in [0.5, 0.6) is 0 Å². The lowest BCUT2D eigenvalue weighted by Gasteiger charge is -2.08. The van der Waals surface area contributed by atoms with Gasteiger partial charge in [0, 0.05) is 18.7 Å². The van der Waals surface area contributed by atoms with Crippen LogP contribution in [0.15, 0.2) is 23.2 Å². The fourth-order valence-corrected chi connectivity index (χ4v) is 2.87. The third-order valence-corrected chi connectivity index (χ3v) is 4.17. The van der Waals surface area contributed by atoms with E-state index in [0.29, 0.717) is 18.9 Å². The number of rotatable bonds is 8. The molecule has 0 aliphatic heterocycles. The number of anilines is 1. The molecule has 0 saturated carbocycles. The standard InChI is InChI=1S/C18H27N3O2/c1-23-17(22)9-4-2-3-5-12-20-18(19)21-16-11-10-14-7-6-8-15(14)13-16/h10-11,13H,2-9,12H2,1H3,(H3,19,20,21). The zero-order valence-corrected chi connectivity index (χ0v) is 13.9. The maximum Gasteiger partial charge on any atom is 0.305 e. The summed E-state index contributed by atoms with van der Waals surface area (Å²) in [4.78, 5) is 15.3. The molecule has 1 aromatic rings. The van der Waals surface area contributed by atoms with Gasteiger partial charge in [-0.25, -0.2) is 0 Å². The van der Waals surface area contributed by atoms with Gasteiger partial charge in [0.05, 0.1) is 7.11 Å². The van der Waals surface area contributed by atoms with E-state index in [-0.39, 0.29) is 5.97 Å². The SMILES string of the molecule is COC(=O)CCCCCCN=C(N)Nc1ccc2c(c1)CCC2. The highest BCUT2D eigenvalue weighted by molar-refractivity contribution is 5.92. The Morgan fingerprint density at radius 2 is 2.00 bits per heavy atom. The Hall–Kier alpha value is -2.04. The highest BCUT2D eigenvalue weighted by Gasteiger charge is 2.10. The molecule has 1 aliphatic rings. The number of guanidine groups is 1. The van der Waals surface area contributed by atoms with Crippen molar-refractivity contribution in [1.82, 2.24) is 0 Å². The second kappa shape index (κ2) is 9.18. The summed E-state index contributed by atoms with van der Waals surface area (Å²) in [5.41, 5.74) is 9.83. The summed E-state index contributed by atoms with van der Waals surface area (Å²) in [5, 5.41) is 3.16. The first-order valence-electron chi connectivity index (χ1n) is 8.44. The topological polar surface area (TPSA) is 76.7 Å². The number of benzene rings is 1. The van der Waals surface area contributed by atoms with Gasteiger partial charge in [0.15, 0.2) is 5.96 Å². The van der Waals surface area contributed by atoms with Gasteiger partial charge in [-0.05, 0) is 55.4 Å². The van der Waals surface area contributed by atoms with E-state index in [9.17, 15) is 4.79 Å². The molecule has 23 heavy (non-hydrogen) atoms. The predicted molar refractivity (Wildman–Crippen MR) is 93.7 cm³/mol. The third-order valence-electron chi connectivity index (χ3n) is 4.17. The maximum atomic E-state index is 11.0. The van der Waals surface area contributed by atoms with Crippen LogP contribution in [-0.4, -0.2) is 25.6 Å². The molecular formula is C18H27N3O2. The first-order chi connectivity index (χ1) is 11.2. The lowest BCUT2D eigenvalue weighted by Crippen LogP contribution is -2.22. The van der Waals surface area contributed by atoms with Crippen LogP contribution in [0, 0.1) is 0 Å². The molecule has 5 heteroatoms. The molecule has 0 aromatic heterocycles. The van der Waals surface area contributed by atoms with E-state index in [4.69, 9.17) is 5.73 Å². The number of hydrogen-bond acceptors (Lipinski definition) is 3. The van der Waals surface area contributed by atoms with Gasteiger partial charge < -0.3 is 15.8 Å². The summed E-state index contributed by atoms with van der Waals surface area (Å²) in [6.45, 7) is 0.710. The number of carbonyl (C=O) groups excluding carboxylic acids is 1. The van der Waals surface area contributed by atoms with Crippen molar-refractivity contribution < 1.29 is 9.53 Å². The number of aryl methyl sites for hydroxylation is 2. The molecule has 0 heterocycles. The summed E-state index contributed by atoms with van der Waals surface area (Å²) in [7, 11) is 1.42. The third kappa shape index (κ3) is 5.93. The van der Waals surface area contributed by atoms with Crippen LogP contribution < -0.4 is 11.1 Å². The van der Waals surface area contributed by atoms with Crippen LogP contribution in [0.2, 0.25) is 0 Å². The number of ether oxygens (including phenoxy) is 1. The number of nitrogens with two attached hydrogens (primary N) is 1. The lowest BCUT2D eigenvalue weighted by atomic mass is 10.1. The van der Waals surface area contributed by atoms with Crippen LogP contribution in [0.25, 0.3) is 0 Å². The van der Waals surface area contributed by atoms with E-state index >= 15 is 0 Å². The summed E-state index contributed by atoms with van der Waals surface area (Å²) in [5.74, 6) is 0.336. The van der Waals surface area contributed by atoms with Gasteiger partial charge >= 0.3 is 5.97 Å². The van der Waals surface area contributed by atoms with Gasteiger partial charge in [-0.3, -0.25) is 9.79 Å². The van der Waals surface area contributed by atoms with Gasteiger partial charge in [0.2, 0.25) is 0 Å². The molecule has 3 N–H and O–H groups in total. The zero-order chi connectivity index (χ0) is 16.5. The molecule has 126 valence electrons. The predicted octanol–water partition coefficient (Wildman–Crippen LogP) is 3.03. The Kier molecular flexibility index (Phi) is 6.91. The molecule has 0 saturated heterocycles. The molecule has 0 amide bonds. The number of aliphatic imine (C=N–C) groups is 1. The minimum atomic E-state index is -0.134. The summed E-state index contributed by atoms with van der Waals surface area (Å²) >= 11 is 0. The number of hydrogen-bond donors (Lipinski definition) is 2. The minimum Gasteiger partial charge on any atom is -0.469 e. The van der Waals surface area contributed by atoms with Gasteiger partial charge in [-0.1, -0.05) is 18.9 Å². The van der Waals surface area contributed by atoms with E-state index in [1.54, 1.807) is 0 Å². The highest BCUT2D eigenvalue weighted by Crippen LogP contribution is 2.24. The summed E-state index contributed by atoms with van der Waals surface area (Å²) in [6, 6.07) is 6.43. The van der Waals surface area contributed by atoms with E-state index < -0.39 is 0 Å². The fraction of sp³-hybridized carbons (Fsp3) is 0.556. The van der Waals surface area contributed by atoms with Crippen LogP contribution in [0.4, 0.5) is 5.69 Å². The smallest absolute Gasteiger partial charge is 0.305 e. The first kappa shape index (κ1) is 17.3. The van der Waals surface area contributed by atoms with E-state index in [1.165, 1.54) is 31.1 Å². The number of unbranched alkanes of at least 4 members (excludes halogenated alkanes) is 3. The van der Waals surface area contributed by atoms with Crippen molar-refractivity contribution in [3.63, 3.8) is 0 Å². The summed E-state index contributed by atoms with van der Waals surface area (Å²) < 4.78 is 4.61. The van der Waals surface area contributed by atoms with Crippen LogP contribution >= 0.6 is 0 Å². The quantitative estimate of drug-likeness (QED) is 0.334. The fourth-order valence-electron chi connectivity index (χ4n) is 2.87. The molecule has 0 fully saturated rings. The normalized spacial score (nSPS) is 13.7. The van der Waals surface area contributed by atoms with Crippen molar-refractivity contribution in [3.05, 3.63) is 29.3 Å². The monoisotopic (exact) mass is 317 g/mol. The van der Waals surface area contributed by atoms with Crippen molar-refractivity contribution >= 4 is 17.6 Å². The second-order valence-corrected chi connectivity index (χ2v) is 5.97. The van der Waals surface area contributed by atoms with Crippen LogP contribution in [-0.2, 0) is 22.4 Å². The van der Waals surface area contributed by atoms with Crippen molar-refractivity contribution in [3.8, 4) is 0 Å². The van der Waals surface area contributed by atoms with Gasteiger partial charge in [-0.2, -0.15) is 0 Å². The van der Waals surface area contributed by atoms with Crippen LogP contribution in [0.3, 0.4) is 0 Å². The maximum absolute atomic E-state index is 11.0. The first-order valence-corrected chi connectivity index (χ1v) is 8.44. The molecule has 0 radical (unpaired) electrons. The van der Waals surface area contributed by atoms with Crippen molar-refractivity contribution in [2.45, 2.75) is 51.4 Å². The molecule has 0 unspecified atom stereocenters. The summed E-state index contributed by atoms with van der Waals surface area (Å²) in [6.07, 6.45) is 8.02. The van der Waals surface area contributed by atoms with E-state index in [1.807, 2.05) is 0 Å². The molecule has 0 atom stereocenters. The molecule has 1 aliphatic carbocycles. The Labute approximate surface area is 138 Å². The minimum absolute atomic E-state index is 0.134. The van der Waals surface area contributed by atoms with Gasteiger partial charge in [0.25, 0.3) is 0 Å². The Morgan fingerprint density at radius 3 is 2.83 bits per heavy atom. The highest BCUT2D eigenvalue weighted by atomic mass is 16.5. The largest absolute Gasteiger partial charge is 0.469 e. The number of fused-ring (bicyclic) bond motifs is 1. The van der Waals surface area contributed by atoms with E-state index in [0.717, 1.165) is 37.8 Å². The molecule has 2 rings (SSSR count). The lowest BCUT2D eigenvalue weighted by molar-refractivity contribution is -0.140. The van der Waals surface area contributed by atoms with Crippen molar-refractivity contribution in [2.75, 3.05) is 19.0 Å². The number of nitrogens with one attached hydrogen (secondary N) is 1. The van der Waals surface area contributed by atoms with Gasteiger partial charge in [-0.15, -0.1) is 0 Å². The molecular weight excluding hydrogens is 290 g/mol. The molecule has 5 nitrogen and oxygen atoms in total. The zero-order valence-electron chi connectivity index (χ0n) is 13.9. The Balaban J connectivity index is 1.63. The van der Waals surface area contributed by atoms with E-state index in [2.05, 4.69) is 33.2 Å². The number of methoxy groups -OCH3 is 1. The average molecular weight is 317 g/mol. The average Bonchev–Trinajstić information content (AvgIpc) is 3.01. The van der Waals surface area contributed by atoms with Gasteiger partial charge in [0.1, 0.15) is 0 Å². The Morgan fingerprint density at radius 1 is 1.22 bits per heavy atom. The number of carbonyl (C=O) groups is 1. The Bertz CT molecular complexity index is 555. The molecule has 0 bridgehead atoms. The molecule has 0 spiro atoms. The molecule has 1 aromatic carbocycles. The number of esters is 1. The second-order valence-electron chi connectivity index (χ2n) is 5.97. The van der Waals surface area contributed by atoms with Crippen LogP contribution in [0.1, 0.15) is 49.7 Å².